The monoisotopic (exact) mass is 222 g/mol. The Morgan fingerprint density at radius 2 is 1.88 bits per heavy atom. The van der Waals surface area contributed by atoms with Crippen LogP contribution < -0.4 is 0 Å². The number of ketones is 1. The summed E-state index contributed by atoms with van der Waals surface area (Å²) in [5.74, 6) is 0.520. The lowest BCUT2D eigenvalue weighted by molar-refractivity contribution is 0.104. The summed E-state index contributed by atoms with van der Waals surface area (Å²) in [5, 5.41) is 7.70. The van der Waals surface area contributed by atoms with Gasteiger partial charge in [-0.3, -0.25) is 9.20 Å². The van der Waals surface area contributed by atoms with E-state index in [0.717, 1.165) is 11.3 Å². The van der Waals surface area contributed by atoms with E-state index in [1.54, 1.807) is 16.9 Å². The average molecular weight is 222 g/mol. The maximum atomic E-state index is 12.2. The molecule has 0 spiro atoms. The molecule has 2 aromatic heterocycles. The molecule has 0 amide bonds. The van der Waals surface area contributed by atoms with E-state index in [9.17, 15) is 4.79 Å². The van der Waals surface area contributed by atoms with Crippen molar-refractivity contribution in [2.24, 2.45) is 0 Å². The Morgan fingerprint density at radius 1 is 1.06 bits per heavy atom. The molecule has 5 heteroatoms. The van der Waals surface area contributed by atoms with Gasteiger partial charge in [0.05, 0.1) is 11.3 Å². The first kappa shape index (κ1) is 8.58. The molecule has 0 bridgehead atoms. The second-order valence-electron chi connectivity index (χ2n) is 3.90. The molecular weight excluding hydrogens is 216 g/mol. The fourth-order valence-electron chi connectivity index (χ4n) is 2.26. The maximum Gasteiger partial charge on any atom is 0.255 e. The molecule has 4 rings (SSSR count). The third-order valence-corrected chi connectivity index (χ3v) is 3.01. The highest BCUT2D eigenvalue weighted by atomic mass is 16.1. The molecule has 1 aliphatic carbocycles. The Labute approximate surface area is 95.8 Å². The number of carbonyl (C=O) groups excluding carboxylic acids is 1. The summed E-state index contributed by atoms with van der Waals surface area (Å²) >= 11 is 0. The zero-order valence-corrected chi connectivity index (χ0v) is 8.66. The van der Waals surface area contributed by atoms with Crippen LogP contribution in [0.15, 0.2) is 36.8 Å². The SMILES string of the molecule is O=C1c2ccccc2-c2c1cnc1nncn21. The summed E-state index contributed by atoms with van der Waals surface area (Å²) < 4.78 is 1.75. The summed E-state index contributed by atoms with van der Waals surface area (Å²) in [6, 6.07) is 7.53. The van der Waals surface area contributed by atoms with Gasteiger partial charge in [0, 0.05) is 17.3 Å². The highest BCUT2D eigenvalue weighted by Gasteiger charge is 2.29. The van der Waals surface area contributed by atoms with Crippen LogP contribution in [0.25, 0.3) is 17.0 Å². The van der Waals surface area contributed by atoms with Crippen LogP contribution in [-0.4, -0.2) is 25.4 Å². The lowest BCUT2D eigenvalue weighted by Gasteiger charge is -2.01. The molecule has 0 saturated heterocycles. The second kappa shape index (κ2) is 2.76. The van der Waals surface area contributed by atoms with Gasteiger partial charge < -0.3 is 0 Å². The molecule has 2 heterocycles. The van der Waals surface area contributed by atoms with Gasteiger partial charge in [0.1, 0.15) is 6.33 Å². The van der Waals surface area contributed by atoms with Crippen LogP contribution in [0.2, 0.25) is 0 Å². The fraction of sp³-hybridized carbons (Fsp3) is 0. The van der Waals surface area contributed by atoms with E-state index in [-0.39, 0.29) is 5.78 Å². The number of carbonyl (C=O) groups is 1. The normalized spacial score (nSPS) is 12.8. The van der Waals surface area contributed by atoms with Gasteiger partial charge in [-0.05, 0) is 0 Å². The zero-order chi connectivity index (χ0) is 11.4. The molecule has 0 saturated carbocycles. The molecule has 5 nitrogen and oxygen atoms in total. The standard InChI is InChI=1S/C12H6N4O/c17-11-8-4-2-1-3-7(8)10-9(11)5-13-12-15-14-6-16(10)12/h1-6H. The number of nitrogens with zero attached hydrogens (tertiary/aromatic N) is 4. The number of benzene rings is 1. The minimum atomic E-state index is 0.0127. The molecule has 1 aromatic carbocycles. The fourth-order valence-corrected chi connectivity index (χ4v) is 2.26. The number of hydrogen-bond acceptors (Lipinski definition) is 4. The second-order valence-corrected chi connectivity index (χ2v) is 3.90. The maximum absolute atomic E-state index is 12.2. The van der Waals surface area contributed by atoms with Gasteiger partial charge in [0.25, 0.3) is 5.78 Å². The predicted octanol–water partition coefficient (Wildman–Crippen LogP) is 1.34. The van der Waals surface area contributed by atoms with Crippen molar-refractivity contribution in [3.8, 4) is 11.3 Å². The first-order chi connectivity index (χ1) is 8.36. The van der Waals surface area contributed by atoms with Crippen molar-refractivity contribution in [3.05, 3.63) is 47.9 Å². The first-order valence-corrected chi connectivity index (χ1v) is 5.19. The molecule has 1 aliphatic rings. The minimum Gasteiger partial charge on any atom is -0.288 e. The van der Waals surface area contributed by atoms with Gasteiger partial charge in [-0.2, -0.15) is 0 Å². The van der Waals surface area contributed by atoms with Crippen LogP contribution in [0.1, 0.15) is 15.9 Å². The molecule has 0 radical (unpaired) electrons. The third kappa shape index (κ3) is 0.932. The number of rotatable bonds is 0. The van der Waals surface area contributed by atoms with Crippen molar-refractivity contribution in [1.29, 1.82) is 0 Å². The smallest absolute Gasteiger partial charge is 0.255 e. The molecule has 17 heavy (non-hydrogen) atoms. The van der Waals surface area contributed by atoms with E-state index in [1.807, 2.05) is 24.3 Å². The predicted molar refractivity (Wildman–Crippen MR) is 59.7 cm³/mol. The number of aromatic nitrogens is 4. The Morgan fingerprint density at radius 3 is 2.76 bits per heavy atom. The van der Waals surface area contributed by atoms with Gasteiger partial charge in [0.2, 0.25) is 0 Å². The molecule has 0 fully saturated rings. The summed E-state index contributed by atoms with van der Waals surface area (Å²) in [4.78, 5) is 16.3. The first-order valence-electron chi connectivity index (χ1n) is 5.19. The van der Waals surface area contributed by atoms with E-state index in [2.05, 4.69) is 15.2 Å². The van der Waals surface area contributed by atoms with E-state index in [4.69, 9.17) is 0 Å². The zero-order valence-electron chi connectivity index (χ0n) is 8.66. The lowest BCUT2D eigenvalue weighted by Crippen LogP contribution is -1.98. The van der Waals surface area contributed by atoms with Crippen molar-refractivity contribution in [3.63, 3.8) is 0 Å². The van der Waals surface area contributed by atoms with Crippen LogP contribution in [0, 0.1) is 0 Å². The van der Waals surface area contributed by atoms with E-state index >= 15 is 0 Å². The van der Waals surface area contributed by atoms with Crippen LogP contribution in [-0.2, 0) is 0 Å². The van der Waals surface area contributed by atoms with Crippen LogP contribution in [0.3, 0.4) is 0 Å². The summed E-state index contributed by atoms with van der Waals surface area (Å²) in [6.45, 7) is 0. The van der Waals surface area contributed by atoms with Crippen molar-refractivity contribution in [2.75, 3.05) is 0 Å². The topological polar surface area (TPSA) is 60.2 Å². The lowest BCUT2D eigenvalue weighted by atomic mass is 10.1. The molecule has 3 aromatic rings. The largest absolute Gasteiger partial charge is 0.288 e. The van der Waals surface area contributed by atoms with Crippen LogP contribution in [0.4, 0.5) is 0 Å². The highest BCUT2D eigenvalue weighted by molar-refractivity contribution is 6.21. The average Bonchev–Trinajstić information content (AvgIpc) is 2.93. The number of fused-ring (bicyclic) bond motifs is 5. The Hall–Kier alpha value is -2.56. The summed E-state index contributed by atoms with van der Waals surface area (Å²) in [5.41, 5.74) is 3.07. The molecule has 0 atom stereocenters. The number of hydrogen-bond donors (Lipinski definition) is 0. The Balaban J connectivity index is 2.24. The van der Waals surface area contributed by atoms with Gasteiger partial charge in [-0.1, -0.05) is 24.3 Å². The van der Waals surface area contributed by atoms with Gasteiger partial charge in [-0.25, -0.2) is 4.98 Å². The third-order valence-electron chi connectivity index (χ3n) is 3.01. The summed E-state index contributed by atoms with van der Waals surface area (Å²) in [6.07, 6.45) is 3.15. The van der Waals surface area contributed by atoms with Crippen molar-refractivity contribution < 1.29 is 4.79 Å². The van der Waals surface area contributed by atoms with Crippen molar-refractivity contribution in [2.45, 2.75) is 0 Å². The van der Waals surface area contributed by atoms with Gasteiger partial charge >= 0.3 is 0 Å². The summed E-state index contributed by atoms with van der Waals surface area (Å²) in [7, 11) is 0. The molecule has 0 unspecified atom stereocenters. The van der Waals surface area contributed by atoms with Crippen LogP contribution in [0.5, 0.6) is 0 Å². The molecule has 0 aliphatic heterocycles. The van der Waals surface area contributed by atoms with E-state index < -0.39 is 0 Å². The Bertz CT molecular complexity index is 775. The van der Waals surface area contributed by atoms with Gasteiger partial charge in [-0.15, -0.1) is 10.2 Å². The molecule has 0 N–H and O–H groups in total. The highest BCUT2D eigenvalue weighted by Crippen LogP contribution is 2.35. The van der Waals surface area contributed by atoms with Gasteiger partial charge in [0.15, 0.2) is 5.78 Å². The Kier molecular flexibility index (Phi) is 1.39. The van der Waals surface area contributed by atoms with E-state index in [0.29, 0.717) is 16.9 Å². The van der Waals surface area contributed by atoms with Crippen LogP contribution >= 0.6 is 0 Å². The minimum absolute atomic E-state index is 0.0127. The van der Waals surface area contributed by atoms with Crippen molar-refractivity contribution >= 4 is 11.6 Å². The molecular formula is C12H6N4O. The van der Waals surface area contributed by atoms with Crippen molar-refractivity contribution in [1.82, 2.24) is 19.6 Å². The van der Waals surface area contributed by atoms with E-state index in [1.165, 1.54) is 0 Å². The quantitative estimate of drug-likeness (QED) is 0.450. The molecule has 80 valence electrons.